The van der Waals surface area contributed by atoms with Gasteiger partial charge in [-0.25, -0.2) is 0 Å². The number of fused-ring (bicyclic) bond motifs is 5. The second-order valence-corrected chi connectivity index (χ2v) is 8.36. The van der Waals surface area contributed by atoms with E-state index in [9.17, 15) is 9.59 Å². The summed E-state index contributed by atoms with van der Waals surface area (Å²) in [6, 6.07) is 0. The molecule has 0 aromatic carbocycles. The van der Waals surface area contributed by atoms with E-state index in [1.807, 2.05) is 0 Å². The van der Waals surface area contributed by atoms with Gasteiger partial charge in [0.1, 0.15) is 11.6 Å². The maximum absolute atomic E-state index is 12.8. The molecule has 114 valence electrons. The van der Waals surface area contributed by atoms with Crippen molar-refractivity contribution < 1.29 is 9.59 Å². The van der Waals surface area contributed by atoms with Crippen molar-refractivity contribution >= 4 is 11.6 Å². The van der Waals surface area contributed by atoms with Crippen LogP contribution in [0.1, 0.15) is 58.8 Å². The molecule has 0 aliphatic heterocycles. The highest BCUT2D eigenvalue weighted by molar-refractivity contribution is 5.99. The first-order chi connectivity index (χ1) is 9.97. The van der Waals surface area contributed by atoms with Crippen molar-refractivity contribution in [2.45, 2.75) is 58.8 Å². The molecule has 0 aromatic rings. The molecular weight excluding hydrogens is 260 g/mol. The number of hydrogen-bond acceptors (Lipinski definition) is 2. The van der Waals surface area contributed by atoms with Crippen LogP contribution in [0.5, 0.6) is 0 Å². The van der Waals surface area contributed by atoms with Gasteiger partial charge >= 0.3 is 0 Å². The third-order valence-corrected chi connectivity index (χ3v) is 7.63. The number of hydrogen-bond donors (Lipinski definition) is 0. The van der Waals surface area contributed by atoms with Crippen molar-refractivity contribution in [2.24, 2.45) is 34.5 Å². The lowest BCUT2D eigenvalue weighted by atomic mass is 9.45. The summed E-state index contributed by atoms with van der Waals surface area (Å²) in [6.07, 6.45) is 11.4. The Morgan fingerprint density at radius 2 is 1.86 bits per heavy atom. The maximum atomic E-state index is 12.8. The molecule has 4 rings (SSSR count). The van der Waals surface area contributed by atoms with Gasteiger partial charge < -0.3 is 0 Å². The van der Waals surface area contributed by atoms with E-state index in [2.05, 4.69) is 26.0 Å². The standard InChI is InChI=1S/C19H26O2/c1-18-10-3-4-13(18)12-5-6-15-16(20)7-8-17(21)19(15,2)14(12)9-11-18/h3,10,12-15H,4-9,11H2,1-2H3/t12-,13-,14-,15?,18-,19+/m0/s1. The Bertz CT molecular complexity index is 534. The number of allylic oxidation sites excluding steroid dienone is 2. The van der Waals surface area contributed by atoms with Gasteiger partial charge in [-0.15, -0.1) is 0 Å². The molecular formula is C19H26O2. The number of rotatable bonds is 0. The Balaban J connectivity index is 1.72. The molecule has 2 heteroatoms. The molecule has 4 aliphatic carbocycles. The van der Waals surface area contributed by atoms with Gasteiger partial charge in [0.15, 0.2) is 0 Å². The van der Waals surface area contributed by atoms with Gasteiger partial charge in [0.2, 0.25) is 0 Å². The summed E-state index contributed by atoms with van der Waals surface area (Å²) >= 11 is 0. The van der Waals surface area contributed by atoms with Gasteiger partial charge in [-0.2, -0.15) is 0 Å². The Labute approximate surface area is 127 Å². The maximum Gasteiger partial charge on any atom is 0.140 e. The van der Waals surface area contributed by atoms with Gasteiger partial charge in [-0.3, -0.25) is 9.59 Å². The molecule has 3 saturated carbocycles. The van der Waals surface area contributed by atoms with Crippen LogP contribution in [0.25, 0.3) is 0 Å². The lowest BCUT2D eigenvalue weighted by Crippen LogP contribution is -2.57. The molecule has 0 heterocycles. The molecule has 0 radical (unpaired) electrons. The van der Waals surface area contributed by atoms with Gasteiger partial charge in [-0.05, 0) is 55.3 Å². The molecule has 6 atom stereocenters. The van der Waals surface area contributed by atoms with Crippen molar-refractivity contribution in [1.82, 2.24) is 0 Å². The number of carbonyl (C=O) groups excluding carboxylic acids is 2. The van der Waals surface area contributed by atoms with E-state index in [0.29, 0.717) is 47.6 Å². The van der Waals surface area contributed by atoms with Gasteiger partial charge in [0.25, 0.3) is 0 Å². The summed E-state index contributed by atoms with van der Waals surface area (Å²) < 4.78 is 0. The average Bonchev–Trinajstić information content (AvgIpc) is 2.85. The summed E-state index contributed by atoms with van der Waals surface area (Å²) in [5.41, 5.74) is 0.00819. The summed E-state index contributed by atoms with van der Waals surface area (Å²) in [5.74, 6) is 2.59. The van der Waals surface area contributed by atoms with Crippen molar-refractivity contribution in [2.75, 3.05) is 0 Å². The molecule has 21 heavy (non-hydrogen) atoms. The van der Waals surface area contributed by atoms with Crippen LogP contribution in [-0.2, 0) is 9.59 Å². The Morgan fingerprint density at radius 1 is 1.05 bits per heavy atom. The molecule has 0 aromatic heterocycles. The van der Waals surface area contributed by atoms with Gasteiger partial charge in [-0.1, -0.05) is 26.0 Å². The predicted octanol–water partition coefficient (Wildman–Crippen LogP) is 3.94. The molecule has 0 amide bonds. The summed E-state index contributed by atoms with van der Waals surface area (Å²) in [5, 5.41) is 0. The molecule has 3 fully saturated rings. The smallest absolute Gasteiger partial charge is 0.140 e. The fraction of sp³-hybridized carbons (Fsp3) is 0.789. The molecule has 4 aliphatic rings. The van der Waals surface area contributed by atoms with E-state index >= 15 is 0 Å². The van der Waals surface area contributed by atoms with Gasteiger partial charge in [0.05, 0.1) is 0 Å². The van der Waals surface area contributed by atoms with Crippen LogP contribution in [0, 0.1) is 34.5 Å². The van der Waals surface area contributed by atoms with E-state index in [0.717, 1.165) is 19.3 Å². The Hall–Kier alpha value is -0.920. The minimum atomic E-state index is -0.345. The lowest BCUT2D eigenvalue weighted by molar-refractivity contribution is -0.161. The highest BCUT2D eigenvalue weighted by Crippen LogP contribution is 2.63. The lowest BCUT2D eigenvalue weighted by Gasteiger charge is -2.58. The molecule has 1 unspecified atom stereocenters. The van der Waals surface area contributed by atoms with Crippen molar-refractivity contribution in [3.8, 4) is 0 Å². The Morgan fingerprint density at radius 3 is 2.67 bits per heavy atom. The van der Waals surface area contributed by atoms with Crippen LogP contribution >= 0.6 is 0 Å². The van der Waals surface area contributed by atoms with Crippen molar-refractivity contribution in [1.29, 1.82) is 0 Å². The molecule has 2 nitrogen and oxygen atoms in total. The van der Waals surface area contributed by atoms with Crippen molar-refractivity contribution in [3.63, 3.8) is 0 Å². The first-order valence-electron chi connectivity index (χ1n) is 8.70. The van der Waals surface area contributed by atoms with Crippen LogP contribution in [-0.4, -0.2) is 11.6 Å². The summed E-state index contributed by atoms with van der Waals surface area (Å²) in [4.78, 5) is 25.1. The van der Waals surface area contributed by atoms with Crippen LogP contribution in [0.15, 0.2) is 12.2 Å². The zero-order valence-electron chi connectivity index (χ0n) is 13.2. The quantitative estimate of drug-likeness (QED) is 0.632. The number of carbonyl (C=O) groups is 2. The van der Waals surface area contributed by atoms with Crippen LogP contribution in [0.3, 0.4) is 0 Å². The summed E-state index contributed by atoms with van der Waals surface area (Å²) in [7, 11) is 0. The highest BCUT2D eigenvalue weighted by Gasteiger charge is 2.60. The van der Waals surface area contributed by atoms with E-state index < -0.39 is 0 Å². The third-order valence-electron chi connectivity index (χ3n) is 7.63. The minimum absolute atomic E-state index is 0.0266. The average molecular weight is 286 g/mol. The van der Waals surface area contributed by atoms with Crippen molar-refractivity contribution in [3.05, 3.63) is 12.2 Å². The molecule has 0 N–H and O–H groups in total. The molecule has 0 spiro atoms. The van der Waals surface area contributed by atoms with E-state index in [1.165, 1.54) is 12.8 Å². The third kappa shape index (κ3) is 1.65. The van der Waals surface area contributed by atoms with Crippen LogP contribution in [0.2, 0.25) is 0 Å². The number of ketones is 2. The largest absolute Gasteiger partial charge is 0.299 e. The van der Waals surface area contributed by atoms with E-state index in [1.54, 1.807) is 0 Å². The second-order valence-electron chi connectivity index (χ2n) is 8.36. The van der Waals surface area contributed by atoms with E-state index in [4.69, 9.17) is 0 Å². The summed E-state index contributed by atoms with van der Waals surface area (Å²) in [6.45, 7) is 4.54. The highest BCUT2D eigenvalue weighted by atomic mass is 16.1. The molecule has 0 bridgehead atoms. The fourth-order valence-electron chi connectivity index (χ4n) is 6.41. The SMILES string of the molecule is C[C@@]12C=CC[C@H]1[C@@H]1CCC3C(=O)CCC(=O)[C@]3(C)[C@H]1CC2. The molecule has 0 saturated heterocycles. The zero-order chi connectivity index (χ0) is 14.8. The van der Waals surface area contributed by atoms with Crippen LogP contribution in [0.4, 0.5) is 0 Å². The zero-order valence-corrected chi connectivity index (χ0v) is 13.2. The normalized spacial score (nSPS) is 52.3. The first kappa shape index (κ1) is 13.7. The Kier molecular flexibility index (Phi) is 2.81. The van der Waals surface area contributed by atoms with Gasteiger partial charge in [0, 0.05) is 24.2 Å². The topological polar surface area (TPSA) is 34.1 Å². The first-order valence-corrected chi connectivity index (χ1v) is 8.70. The van der Waals surface area contributed by atoms with E-state index in [-0.39, 0.29) is 11.3 Å². The predicted molar refractivity (Wildman–Crippen MR) is 81.6 cm³/mol. The monoisotopic (exact) mass is 286 g/mol. The number of Topliss-reactive ketones (excluding diaryl/α,β-unsaturated/α-hetero) is 2. The fourth-order valence-corrected chi connectivity index (χ4v) is 6.41. The second kappa shape index (κ2) is 4.30. The minimum Gasteiger partial charge on any atom is -0.299 e. The van der Waals surface area contributed by atoms with Crippen LogP contribution < -0.4 is 0 Å².